The van der Waals surface area contributed by atoms with Gasteiger partial charge in [-0.25, -0.2) is 4.39 Å². The molecular weight excluding hydrogens is 311 g/mol. The first kappa shape index (κ1) is 16.2. The van der Waals surface area contributed by atoms with Gasteiger partial charge in [-0.1, -0.05) is 23.8 Å². The Morgan fingerprint density at radius 2 is 2.08 bits per heavy atom. The fourth-order valence-corrected chi connectivity index (χ4v) is 3.10. The van der Waals surface area contributed by atoms with E-state index >= 15 is 0 Å². The van der Waals surface area contributed by atoms with Crippen LogP contribution in [0.25, 0.3) is 11.3 Å². The van der Waals surface area contributed by atoms with E-state index in [2.05, 4.69) is 10.2 Å². The number of aryl methyl sites for hydroxylation is 2. The van der Waals surface area contributed by atoms with Crippen molar-refractivity contribution in [3.8, 4) is 11.3 Å². The lowest BCUT2D eigenvalue weighted by molar-refractivity contribution is -0.121. The molecule has 2 amide bonds. The van der Waals surface area contributed by atoms with Gasteiger partial charge in [0, 0.05) is 12.0 Å². The molecule has 2 aromatic rings. The van der Waals surface area contributed by atoms with E-state index in [1.54, 1.807) is 6.07 Å². The van der Waals surface area contributed by atoms with Gasteiger partial charge in [0.15, 0.2) is 0 Å². The summed E-state index contributed by atoms with van der Waals surface area (Å²) < 4.78 is 13.6. The highest BCUT2D eigenvalue weighted by atomic mass is 19.1. The summed E-state index contributed by atoms with van der Waals surface area (Å²) in [5, 5.41) is 6.86. The maximum atomic E-state index is 13.6. The van der Waals surface area contributed by atoms with Gasteiger partial charge in [0.05, 0.1) is 12.2 Å². The van der Waals surface area contributed by atoms with Crippen molar-refractivity contribution >= 4 is 11.8 Å². The number of nitrogens with two attached hydrogens (primary N) is 1. The summed E-state index contributed by atoms with van der Waals surface area (Å²) in [6, 6.07) is 6.64. The van der Waals surface area contributed by atoms with Crippen LogP contribution in [0.5, 0.6) is 0 Å². The number of rotatable bonds is 3. The maximum Gasteiger partial charge on any atom is 0.272 e. The van der Waals surface area contributed by atoms with Gasteiger partial charge in [0.1, 0.15) is 17.9 Å². The summed E-state index contributed by atoms with van der Waals surface area (Å²) in [4.78, 5) is 25.2. The van der Waals surface area contributed by atoms with Crippen LogP contribution in [0.1, 0.15) is 28.0 Å². The van der Waals surface area contributed by atoms with E-state index in [4.69, 9.17) is 5.73 Å². The number of halogens is 1. The quantitative estimate of drug-likeness (QED) is 0.898. The molecule has 2 atom stereocenters. The van der Waals surface area contributed by atoms with Gasteiger partial charge >= 0.3 is 0 Å². The highest BCUT2D eigenvalue weighted by molar-refractivity contribution is 5.97. The van der Waals surface area contributed by atoms with Crippen molar-refractivity contribution in [1.82, 2.24) is 15.1 Å². The van der Waals surface area contributed by atoms with Crippen LogP contribution in [0.3, 0.4) is 0 Å². The topological polar surface area (TPSA) is 92.1 Å². The first-order valence-electron chi connectivity index (χ1n) is 7.74. The van der Waals surface area contributed by atoms with Gasteiger partial charge in [-0.15, -0.1) is 0 Å². The molecule has 0 bridgehead atoms. The Kier molecular flexibility index (Phi) is 4.09. The second kappa shape index (κ2) is 6.07. The van der Waals surface area contributed by atoms with Gasteiger partial charge in [0.2, 0.25) is 5.91 Å². The van der Waals surface area contributed by atoms with Crippen LogP contribution in [0.2, 0.25) is 0 Å². The summed E-state index contributed by atoms with van der Waals surface area (Å²) in [5.74, 6) is -1.17. The molecule has 0 aliphatic carbocycles. The summed E-state index contributed by atoms with van der Waals surface area (Å²) in [7, 11) is 0. The first-order chi connectivity index (χ1) is 11.4. The zero-order valence-corrected chi connectivity index (χ0v) is 13.5. The molecule has 1 aromatic carbocycles. The fourth-order valence-electron chi connectivity index (χ4n) is 3.10. The van der Waals surface area contributed by atoms with E-state index in [9.17, 15) is 14.0 Å². The van der Waals surface area contributed by atoms with Crippen molar-refractivity contribution in [2.24, 2.45) is 5.73 Å². The third-order valence-electron chi connectivity index (χ3n) is 4.31. The van der Waals surface area contributed by atoms with Gasteiger partial charge in [-0.3, -0.25) is 14.7 Å². The number of alkyl halides is 1. The lowest BCUT2D eigenvalue weighted by Gasteiger charge is -2.20. The number of nitrogens with zero attached hydrogens (tertiary/aromatic N) is 2. The van der Waals surface area contributed by atoms with Gasteiger partial charge < -0.3 is 10.6 Å². The average Bonchev–Trinajstić information content (AvgIpc) is 3.13. The number of likely N-dealkylation sites (tertiary alicyclic amines) is 1. The number of primary amides is 1. The second-order valence-corrected chi connectivity index (χ2v) is 6.19. The Labute approximate surface area is 138 Å². The largest absolute Gasteiger partial charge is 0.368 e. The van der Waals surface area contributed by atoms with Crippen molar-refractivity contribution in [2.75, 3.05) is 6.54 Å². The van der Waals surface area contributed by atoms with Crippen molar-refractivity contribution in [3.05, 3.63) is 41.1 Å². The van der Waals surface area contributed by atoms with Crippen molar-refractivity contribution in [3.63, 3.8) is 0 Å². The molecule has 24 heavy (non-hydrogen) atoms. The molecule has 1 fully saturated rings. The number of benzene rings is 1. The molecule has 0 spiro atoms. The van der Waals surface area contributed by atoms with Gasteiger partial charge in [-0.2, -0.15) is 5.10 Å². The first-order valence-corrected chi connectivity index (χ1v) is 7.74. The van der Waals surface area contributed by atoms with E-state index in [1.165, 1.54) is 4.90 Å². The minimum Gasteiger partial charge on any atom is -0.368 e. The van der Waals surface area contributed by atoms with Crippen LogP contribution in [0.15, 0.2) is 24.3 Å². The number of hydrogen-bond acceptors (Lipinski definition) is 3. The van der Waals surface area contributed by atoms with Crippen molar-refractivity contribution in [1.29, 1.82) is 0 Å². The number of aromatic amines is 1. The Bertz CT molecular complexity index is 802. The number of nitrogens with one attached hydrogen (secondary N) is 1. The molecule has 126 valence electrons. The monoisotopic (exact) mass is 330 g/mol. The Morgan fingerprint density at radius 3 is 2.75 bits per heavy atom. The van der Waals surface area contributed by atoms with Crippen LogP contribution < -0.4 is 5.73 Å². The lowest BCUT2D eigenvalue weighted by Crippen LogP contribution is -2.43. The summed E-state index contributed by atoms with van der Waals surface area (Å²) >= 11 is 0. The smallest absolute Gasteiger partial charge is 0.272 e. The molecule has 3 rings (SSSR count). The second-order valence-electron chi connectivity index (χ2n) is 6.19. The van der Waals surface area contributed by atoms with E-state index in [0.717, 1.165) is 16.7 Å². The Hall–Kier alpha value is -2.70. The van der Waals surface area contributed by atoms with Crippen LogP contribution in [-0.2, 0) is 4.79 Å². The van der Waals surface area contributed by atoms with Crippen LogP contribution in [0, 0.1) is 13.8 Å². The average molecular weight is 330 g/mol. The van der Waals surface area contributed by atoms with Crippen molar-refractivity contribution in [2.45, 2.75) is 32.5 Å². The molecule has 1 aromatic heterocycles. The minimum absolute atomic E-state index is 0.0564. The number of H-pyrrole nitrogens is 1. The third kappa shape index (κ3) is 2.89. The number of carbonyl (C=O) groups excluding carboxylic acids is 2. The van der Waals surface area contributed by atoms with E-state index in [0.29, 0.717) is 5.69 Å². The molecule has 0 saturated carbocycles. The highest BCUT2D eigenvalue weighted by Crippen LogP contribution is 2.26. The van der Waals surface area contributed by atoms with E-state index in [-0.39, 0.29) is 18.7 Å². The molecule has 1 aliphatic rings. The summed E-state index contributed by atoms with van der Waals surface area (Å²) in [6.07, 6.45) is -1.30. The molecular formula is C17H19FN4O2. The van der Waals surface area contributed by atoms with Crippen LogP contribution in [0.4, 0.5) is 4.39 Å². The lowest BCUT2D eigenvalue weighted by atomic mass is 10.0. The zero-order valence-electron chi connectivity index (χ0n) is 13.5. The number of amides is 2. The Balaban J connectivity index is 1.87. The molecule has 1 aliphatic heterocycles. The van der Waals surface area contributed by atoms with Crippen LogP contribution >= 0.6 is 0 Å². The third-order valence-corrected chi connectivity index (χ3v) is 4.31. The summed E-state index contributed by atoms with van der Waals surface area (Å²) in [5.41, 5.74) is 9.20. The predicted octanol–water partition coefficient (Wildman–Crippen LogP) is 1.73. The predicted molar refractivity (Wildman–Crippen MR) is 87.0 cm³/mol. The standard InChI is InChI=1S/C17H19FN4O2/c1-9-3-4-12(10(2)5-9)13-7-14(21-20-13)17(24)22-8-11(18)6-15(22)16(19)23/h3-5,7,11,15H,6,8H2,1-2H3,(H2,19,23)(H,20,21)/t11-,15+/m1/s1. The van der Waals surface area contributed by atoms with Crippen LogP contribution in [-0.4, -0.2) is 45.7 Å². The normalized spacial score (nSPS) is 20.4. The molecule has 7 heteroatoms. The SMILES string of the molecule is Cc1ccc(-c2cc(C(=O)N3C[C@H](F)C[C@H]3C(N)=O)[nH]n2)c(C)c1. The molecule has 2 heterocycles. The molecule has 3 N–H and O–H groups in total. The zero-order chi connectivity index (χ0) is 17.4. The number of aromatic nitrogens is 2. The maximum absolute atomic E-state index is 13.6. The van der Waals surface area contributed by atoms with Crippen molar-refractivity contribution < 1.29 is 14.0 Å². The molecule has 0 radical (unpaired) electrons. The van der Waals surface area contributed by atoms with E-state index in [1.807, 2.05) is 32.0 Å². The molecule has 1 saturated heterocycles. The molecule has 0 unspecified atom stereocenters. The number of carbonyl (C=O) groups is 2. The highest BCUT2D eigenvalue weighted by Gasteiger charge is 2.39. The van der Waals surface area contributed by atoms with Gasteiger partial charge in [0.25, 0.3) is 5.91 Å². The minimum atomic E-state index is -1.24. The summed E-state index contributed by atoms with van der Waals surface area (Å²) in [6.45, 7) is 3.83. The van der Waals surface area contributed by atoms with Gasteiger partial charge in [-0.05, 0) is 25.5 Å². The fraction of sp³-hybridized carbons (Fsp3) is 0.353. The molecule has 6 nitrogen and oxygen atoms in total. The number of hydrogen-bond donors (Lipinski definition) is 2. The van der Waals surface area contributed by atoms with E-state index < -0.39 is 24.0 Å². The Morgan fingerprint density at radius 1 is 1.33 bits per heavy atom.